The quantitative estimate of drug-likeness (QED) is 0.511. The van der Waals surface area contributed by atoms with Crippen molar-refractivity contribution in [3.63, 3.8) is 0 Å². The molecule has 0 N–H and O–H groups in total. The summed E-state index contributed by atoms with van der Waals surface area (Å²) in [7, 11) is 0. The topological polar surface area (TPSA) is 43.1 Å². The van der Waals surface area contributed by atoms with Crippen molar-refractivity contribution in [1.82, 2.24) is 20.0 Å². The Morgan fingerprint density at radius 2 is 1.92 bits per heavy atom. The smallest absolute Gasteiger partial charge is 0.179 e. The maximum absolute atomic E-state index is 3.90. The molecule has 62 valence electrons. The van der Waals surface area contributed by atoms with Crippen LogP contribution in [0, 0.1) is 0 Å². The second-order valence-electron chi connectivity index (χ2n) is 2.84. The van der Waals surface area contributed by atoms with Crippen LogP contribution in [0.1, 0.15) is 0 Å². The number of hydrogen-bond acceptors (Lipinski definition) is 3. The first-order valence-corrected chi connectivity index (χ1v) is 4.01. The van der Waals surface area contributed by atoms with Gasteiger partial charge in [0.05, 0.1) is 5.52 Å². The first-order chi connectivity index (χ1) is 6.45. The Kier molecular flexibility index (Phi) is 1.14. The van der Waals surface area contributed by atoms with Crippen molar-refractivity contribution < 1.29 is 0 Å². The molecule has 0 radical (unpaired) electrons. The number of hydrogen-bond donors (Lipinski definition) is 0. The highest BCUT2D eigenvalue weighted by atomic mass is 15.9. The summed E-state index contributed by atoms with van der Waals surface area (Å²) in [6.07, 6.45) is 0. The van der Waals surface area contributed by atoms with E-state index in [1.807, 2.05) is 36.4 Å². The molecule has 1 aromatic carbocycles. The van der Waals surface area contributed by atoms with E-state index >= 15 is 0 Å². The molecule has 2 heterocycles. The fourth-order valence-corrected chi connectivity index (χ4v) is 1.46. The van der Waals surface area contributed by atoms with Gasteiger partial charge in [0.15, 0.2) is 5.65 Å². The average Bonchev–Trinajstić information content (AvgIpc) is 2.65. The molecule has 0 amide bonds. The van der Waals surface area contributed by atoms with E-state index in [4.69, 9.17) is 0 Å². The summed E-state index contributed by atoms with van der Waals surface area (Å²) in [4.78, 5) is 0. The highest BCUT2D eigenvalue weighted by Crippen LogP contribution is 2.13. The second-order valence-corrected chi connectivity index (χ2v) is 2.84. The van der Waals surface area contributed by atoms with E-state index in [1.165, 1.54) is 0 Å². The molecule has 4 nitrogen and oxygen atoms in total. The number of para-hydroxylation sites is 1. The van der Waals surface area contributed by atoms with Gasteiger partial charge in [0.2, 0.25) is 0 Å². The van der Waals surface area contributed by atoms with Gasteiger partial charge in [-0.05, 0) is 28.6 Å². The van der Waals surface area contributed by atoms with Crippen LogP contribution in [0.4, 0.5) is 0 Å². The predicted molar refractivity (Wildman–Crippen MR) is 48.3 cm³/mol. The summed E-state index contributed by atoms with van der Waals surface area (Å²) in [5, 5.41) is 12.5. The first kappa shape index (κ1) is 6.54. The largest absolute Gasteiger partial charge is 0.193 e. The summed E-state index contributed by atoms with van der Waals surface area (Å²) >= 11 is 0. The zero-order valence-electron chi connectivity index (χ0n) is 6.75. The maximum Gasteiger partial charge on any atom is 0.179 e. The normalized spacial score (nSPS) is 11.1. The molecule has 0 aliphatic rings. The molecule has 3 aromatic rings. The van der Waals surface area contributed by atoms with E-state index in [9.17, 15) is 0 Å². The minimum Gasteiger partial charge on any atom is -0.193 e. The van der Waals surface area contributed by atoms with E-state index < -0.39 is 0 Å². The lowest BCUT2D eigenvalue weighted by Gasteiger charge is -1.97. The van der Waals surface area contributed by atoms with Crippen molar-refractivity contribution in [3.8, 4) is 0 Å². The van der Waals surface area contributed by atoms with Gasteiger partial charge in [-0.25, -0.2) is 0 Å². The molecule has 0 atom stereocenters. The Morgan fingerprint density at radius 1 is 1.00 bits per heavy atom. The van der Waals surface area contributed by atoms with Gasteiger partial charge in [-0.15, -0.1) is 5.10 Å². The van der Waals surface area contributed by atoms with Gasteiger partial charge in [-0.3, -0.25) is 0 Å². The Balaban J connectivity index is 2.65. The number of aromatic nitrogens is 4. The third-order valence-corrected chi connectivity index (χ3v) is 2.07. The van der Waals surface area contributed by atoms with Gasteiger partial charge in [-0.2, -0.15) is 4.52 Å². The molecular weight excluding hydrogens is 165 g/mol. The van der Waals surface area contributed by atoms with Crippen LogP contribution in [0.3, 0.4) is 0 Å². The Hall–Kier alpha value is -1.97. The summed E-state index contributed by atoms with van der Waals surface area (Å²) in [5.41, 5.74) is 1.81. The standard InChI is InChI=1S/C9H6N4/c1-2-4-8-7(3-1)5-6-9-10-11-12-13(8)9/h1-6H/i12+1. The minimum atomic E-state index is 0.777. The van der Waals surface area contributed by atoms with Crippen molar-refractivity contribution in [1.29, 1.82) is 0 Å². The predicted octanol–water partition coefficient (Wildman–Crippen LogP) is 1.28. The van der Waals surface area contributed by atoms with Crippen LogP contribution in [0.15, 0.2) is 36.4 Å². The SMILES string of the molecule is c1ccc2c(c1)ccc1nn[15n]n12. The molecule has 0 aliphatic heterocycles. The van der Waals surface area contributed by atoms with E-state index in [-0.39, 0.29) is 0 Å². The summed E-state index contributed by atoms with van der Waals surface area (Å²) in [6, 6.07) is 11.9. The van der Waals surface area contributed by atoms with Crippen molar-refractivity contribution >= 4 is 16.6 Å². The van der Waals surface area contributed by atoms with Crippen molar-refractivity contribution in [2.75, 3.05) is 0 Å². The van der Waals surface area contributed by atoms with Gasteiger partial charge in [0, 0.05) is 5.39 Å². The number of benzene rings is 1. The number of tetrazole rings is 1. The van der Waals surface area contributed by atoms with Crippen molar-refractivity contribution in [2.45, 2.75) is 0 Å². The molecule has 2 aromatic heterocycles. The summed E-state index contributed by atoms with van der Waals surface area (Å²) < 4.78 is 1.73. The van der Waals surface area contributed by atoms with Crippen LogP contribution in [0.5, 0.6) is 0 Å². The van der Waals surface area contributed by atoms with Gasteiger partial charge in [0.25, 0.3) is 0 Å². The van der Waals surface area contributed by atoms with Crippen LogP contribution in [-0.2, 0) is 0 Å². The van der Waals surface area contributed by atoms with E-state index in [0.29, 0.717) is 0 Å². The molecule has 0 unspecified atom stereocenters. The van der Waals surface area contributed by atoms with Crippen LogP contribution in [0.2, 0.25) is 0 Å². The lowest BCUT2D eigenvalue weighted by Crippen LogP contribution is -1.89. The molecule has 0 bridgehead atoms. The molecule has 3 rings (SSSR count). The third-order valence-electron chi connectivity index (χ3n) is 2.07. The zero-order chi connectivity index (χ0) is 8.67. The molecule has 13 heavy (non-hydrogen) atoms. The van der Waals surface area contributed by atoms with E-state index in [0.717, 1.165) is 16.6 Å². The van der Waals surface area contributed by atoms with Crippen LogP contribution in [-0.4, -0.2) is 20.0 Å². The van der Waals surface area contributed by atoms with Crippen molar-refractivity contribution in [3.05, 3.63) is 36.4 Å². The average molecular weight is 171 g/mol. The highest BCUT2D eigenvalue weighted by molar-refractivity contribution is 5.81. The van der Waals surface area contributed by atoms with E-state index in [2.05, 4.69) is 15.5 Å². The molecular formula is C9H6N4. The fourth-order valence-electron chi connectivity index (χ4n) is 1.46. The Labute approximate surface area is 73.8 Å². The summed E-state index contributed by atoms with van der Waals surface area (Å²) in [5.74, 6) is 0. The van der Waals surface area contributed by atoms with Crippen molar-refractivity contribution in [2.24, 2.45) is 0 Å². The molecule has 0 spiro atoms. The van der Waals surface area contributed by atoms with Crippen LogP contribution in [0.25, 0.3) is 16.6 Å². The highest BCUT2D eigenvalue weighted by Gasteiger charge is 2.00. The minimum absolute atomic E-state index is 0.777. The number of rotatable bonds is 0. The Bertz CT molecular complexity index is 570. The summed E-state index contributed by atoms with van der Waals surface area (Å²) in [6.45, 7) is 0. The number of pyridine rings is 1. The lowest BCUT2D eigenvalue weighted by atomic mass is 10.2. The van der Waals surface area contributed by atoms with Gasteiger partial charge < -0.3 is 0 Å². The monoisotopic (exact) mass is 171 g/mol. The Morgan fingerprint density at radius 3 is 2.92 bits per heavy atom. The van der Waals surface area contributed by atoms with E-state index in [1.54, 1.807) is 4.52 Å². The lowest BCUT2D eigenvalue weighted by molar-refractivity contribution is 0.841. The maximum atomic E-state index is 3.90. The first-order valence-electron chi connectivity index (χ1n) is 4.01. The molecule has 4 heteroatoms. The van der Waals surface area contributed by atoms with Crippen LogP contribution >= 0.6 is 0 Å². The fraction of sp³-hybridized carbons (Fsp3) is 0. The van der Waals surface area contributed by atoms with Gasteiger partial charge >= 0.3 is 0 Å². The third kappa shape index (κ3) is 0.823. The van der Waals surface area contributed by atoms with Gasteiger partial charge in [-0.1, -0.05) is 18.2 Å². The van der Waals surface area contributed by atoms with Gasteiger partial charge in [0.1, 0.15) is 0 Å². The molecule has 0 saturated heterocycles. The second kappa shape index (κ2) is 2.26. The number of nitrogens with zero attached hydrogens (tertiary/aromatic N) is 4. The molecule has 0 fully saturated rings. The number of fused-ring (bicyclic) bond motifs is 3. The molecule has 0 saturated carbocycles. The zero-order valence-corrected chi connectivity index (χ0v) is 6.75. The molecule has 0 aliphatic carbocycles. The van der Waals surface area contributed by atoms with Crippen LogP contribution < -0.4 is 0 Å².